The lowest BCUT2D eigenvalue weighted by atomic mass is 10.1. The lowest BCUT2D eigenvalue weighted by Gasteiger charge is -2.15. The SMILES string of the molecule is Cc1cccc(CCN(C)C(=O)NN)c1. The molecule has 0 bridgehead atoms. The Labute approximate surface area is 90.0 Å². The maximum Gasteiger partial charge on any atom is 0.331 e. The van der Waals surface area contributed by atoms with Crippen molar-refractivity contribution < 1.29 is 4.79 Å². The number of aryl methyl sites for hydroxylation is 1. The monoisotopic (exact) mass is 207 g/mol. The van der Waals surface area contributed by atoms with Crippen LogP contribution in [0.3, 0.4) is 0 Å². The van der Waals surface area contributed by atoms with Crippen LogP contribution in [0.2, 0.25) is 0 Å². The van der Waals surface area contributed by atoms with E-state index in [1.54, 1.807) is 11.9 Å². The van der Waals surface area contributed by atoms with Crippen LogP contribution < -0.4 is 11.3 Å². The van der Waals surface area contributed by atoms with E-state index >= 15 is 0 Å². The molecule has 1 aromatic carbocycles. The third-order valence-electron chi connectivity index (χ3n) is 2.29. The molecular weight excluding hydrogens is 190 g/mol. The van der Waals surface area contributed by atoms with Crippen LogP contribution in [0, 0.1) is 6.92 Å². The van der Waals surface area contributed by atoms with E-state index in [4.69, 9.17) is 5.84 Å². The van der Waals surface area contributed by atoms with Gasteiger partial charge in [-0.3, -0.25) is 5.43 Å². The van der Waals surface area contributed by atoms with Gasteiger partial charge in [0.25, 0.3) is 0 Å². The molecule has 4 nitrogen and oxygen atoms in total. The Morgan fingerprint density at radius 1 is 1.53 bits per heavy atom. The van der Waals surface area contributed by atoms with Crippen molar-refractivity contribution in [3.63, 3.8) is 0 Å². The first-order valence-corrected chi connectivity index (χ1v) is 4.90. The molecule has 1 aromatic rings. The lowest BCUT2D eigenvalue weighted by molar-refractivity contribution is 0.209. The van der Waals surface area contributed by atoms with Crippen LogP contribution in [-0.2, 0) is 6.42 Å². The zero-order chi connectivity index (χ0) is 11.3. The topological polar surface area (TPSA) is 58.4 Å². The first-order chi connectivity index (χ1) is 7.13. The number of nitrogens with one attached hydrogen (secondary N) is 1. The van der Waals surface area contributed by atoms with Gasteiger partial charge in [-0.1, -0.05) is 29.8 Å². The summed E-state index contributed by atoms with van der Waals surface area (Å²) in [6, 6.07) is 7.99. The second-order valence-electron chi connectivity index (χ2n) is 3.61. The van der Waals surface area contributed by atoms with E-state index in [2.05, 4.69) is 30.5 Å². The van der Waals surface area contributed by atoms with E-state index in [9.17, 15) is 4.79 Å². The summed E-state index contributed by atoms with van der Waals surface area (Å²) in [5, 5.41) is 0. The number of urea groups is 1. The standard InChI is InChI=1S/C11H17N3O/c1-9-4-3-5-10(8-9)6-7-14(2)11(15)13-12/h3-5,8H,6-7,12H2,1-2H3,(H,13,15). The third-order valence-corrected chi connectivity index (χ3v) is 2.29. The molecule has 2 amide bonds. The predicted octanol–water partition coefficient (Wildman–Crippen LogP) is 1.05. The molecular formula is C11H17N3O. The number of hydrogen-bond acceptors (Lipinski definition) is 2. The fourth-order valence-electron chi connectivity index (χ4n) is 1.38. The van der Waals surface area contributed by atoms with Crippen LogP contribution in [0.4, 0.5) is 4.79 Å². The summed E-state index contributed by atoms with van der Waals surface area (Å²) in [5.41, 5.74) is 4.56. The van der Waals surface area contributed by atoms with Crippen LogP contribution in [0.15, 0.2) is 24.3 Å². The van der Waals surface area contributed by atoms with Crippen LogP contribution >= 0.6 is 0 Å². The van der Waals surface area contributed by atoms with E-state index in [1.807, 2.05) is 6.07 Å². The minimum atomic E-state index is -0.261. The Bertz CT molecular complexity index is 338. The Morgan fingerprint density at radius 3 is 2.87 bits per heavy atom. The summed E-state index contributed by atoms with van der Waals surface area (Å²) in [6.45, 7) is 2.71. The number of nitrogens with zero attached hydrogens (tertiary/aromatic N) is 1. The molecule has 0 aromatic heterocycles. The van der Waals surface area contributed by atoms with Crippen LogP contribution in [0.1, 0.15) is 11.1 Å². The van der Waals surface area contributed by atoms with E-state index in [1.165, 1.54) is 11.1 Å². The van der Waals surface area contributed by atoms with E-state index in [0.717, 1.165) is 6.42 Å². The van der Waals surface area contributed by atoms with Crippen molar-refractivity contribution in [2.75, 3.05) is 13.6 Å². The molecule has 0 spiro atoms. The second kappa shape index (κ2) is 5.36. The van der Waals surface area contributed by atoms with Gasteiger partial charge < -0.3 is 4.90 Å². The number of rotatable bonds is 3. The first kappa shape index (κ1) is 11.5. The molecule has 0 aliphatic rings. The fraction of sp³-hybridized carbons (Fsp3) is 0.364. The predicted molar refractivity (Wildman–Crippen MR) is 60.2 cm³/mol. The molecule has 0 heterocycles. The maximum atomic E-state index is 11.1. The zero-order valence-electron chi connectivity index (χ0n) is 9.16. The molecule has 82 valence electrons. The molecule has 3 N–H and O–H groups in total. The number of carbonyl (C=O) groups excluding carboxylic acids is 1. The van der Waals surface area contributed by atoms with Gasteiger partial charge in [0.15, 0.2) is 0 Å². The van der Waals surface area contributed by atoms with Crippen molar-refractivity contribution in [2.45, 2.75) is 13.3 Å². The minimum absolute atomic E-state index is 0.261. The highest BCUT2D eigenvalue weighted by Gasteiger charge is 2.05. The zero-order valence-corrected chi connectivity index (χ0v) is 9.16. The van der Waals surface area contributed by atoms with Gasteiger partial charge in [0, 0.05) is 13.6 Å². The Hall–Kier alpha value is -1.55. The number of hydrogen-bond donors (Lipinski definition) is 2. The molecule has 1 rings (SSSR count). The van der Waals surface area contributed by atoms with E-state index < -0.39 is 0 Å². The molecule has 0 unspecified atom stereocenters. The van der Waals surface area contributed by atoms with Crippen molar-refractivity contribution >= 4 is 6.03 Å². The Balaban J connectivity index is 2.47. The van der Waals surface area contributed by atoms with Crippen LogP contribution in [0.5, 0.6) is 0 Å². The second-order valence-corrected chi connectivity index (χ2v) is 3.61. The highest BCUT2D eigenvalue weighted by molar-refractivity contribution is 5.73. The van der Waals surface area contributed by atoms with Crippen molar-refractivity contribution in [3.8, 4) is 0 Å². The van der Waals surface area contributed by atoms with Crippen LogP contribution in [0.25, 0.3) is 0 Å². The van der Waals surface area contributed by atoms with Crippen molar-refractivity contribution in [1.29, 1.82) is 0 Å². The molecule has 4 heteroatoms. The summed E-state index contributed by atoms with van der Waals surface area (Å²) >= 11 is 0. The van der Waals surface area contributed by atoms with Gasteiger partial charge in [-0.15, -0.1) is 0 Å². The average molecular weight is 207 g/mol. The number of amides is 2. The summed E-state index contributed by atoms with van der Waals surface area (Å²) in [5.74, 6) is 5.02. The molecule has 0 saturated carbocycles. The van der Waals surface area contributed by atoms with Gasteiger partial charge in [-0.2, -0.15) is 0 Å². The van der Waals surface area contributed by atoms with E-state index in [0.29, 0.717) is 6.54 Å². The largest absolute Gasteiger partial charge is 0.331 e. The van der Waals surface area contributed by atoms with Gasteiger partial charge in [0.05, 0.1) is 0 Å². The summed E-state index contributed by atoms with van der Waals surface area (Å²) in [4.78, 5) is 12.6. The number of hydrazine groups is 1. The van der Waals surface area contributed by atoms with Crippen molar-refractivity contribution in [1.82, 2.24) is 10.3 Å². The Morgan fingerprint density at radius 2 is 2.27 bits per heavy atom. The van der Waals surface area contributed by atoms with Gasteiger partial charge in [-0.05, 0) is 18.9 Å². The molecule has 0 atom stereocenters. The highest BCUT2D eigenvalue weighted by Crippen LogP contribution is 2.05. The van der Waals surface area contributed by atoms with Gasteiger partial charge in [-0.25, -0.2) is 10.6 Å². The quantitative estimate of drug-likeness (QED) is 0.442. The summed E-state index contributed by atoms with van der Waals surface area (Å²) in [7, 11) is 1.72. The first-order valence-electron chi connectivity index (χ1n) is 4.90. The molecule has 0 aliphatic carbocycles. The molecule has 0 fully saturated rings. The summed E-state index contributed by atoms with van der Waals surface area (Å²) in [6.07, 6.45) is 0.839. The van der Waals surface area contributed by atoms with Gasteiger partial charge >= 0.3 is 6.03 Å². The lowest BCUT2D eigenvalue weighted by Crippen LogP contribution is -2.41. The van der Waals surface area contributed by atoms with Gasteiger partial charge in [0.1, 0.15) is 0 Å². The van der Waals surface area contributed by atoms with Crippen LogP contribution in [-0.4, -0.2) is 24.5 Å². The summed E-state index contributed by atoms with van der Waals surface area (Å²) < 4.78 is 0. The van der Waals surface area contributed by atoms with Crippen molar-refractivity contribution in [2.24, 2.45) is 5.84 Å². The molecule has 0 saturated heterocycles. The molecule has 0 aliphatic heterocycles. The van der Waals surface area contributed by atoms with E-state index in [-0.39, 0.29) is 6.03 Å². The maximum absolute atomic E-state index is 11.1. The molecule has 15 heavy (non-hydrogen) atoms. The number of carbonyl (C=O) groups is 1. The fourth-order valence-corrected chi connectivity index (χ4v) is 1.38. The highest BCUT2D eigenvalue weighted by atomic mass is 16.2. The average Bonchev–Trinajstić information content (AvgIpc) is 2.25. The minimum Gasteiger partial charge on any atom is -0.326 e. The molecule has 0 radical (unpaired) electrons. The smallest absolute Gasteiger partial charge is 0.326 e. The normalized spacial score (nSPS) is 9.80. The Kier molecular flexibility index (Phi) is 4.12. The van der Waals surface area contributed by atoms with Crippen molar-refractivity contribution in [3.05, 3.63) is 35.4 Å². The van der Waals surface area contributed by atoms with Gasteiger partial charge in [0.2, 0.25) is 0 Å². The number of likely N-dealkylation sites (N-methyl/N-ethyl adjacent to an activating group) is 1. The number of benzene rings is 1. The number of nitrogens with two attached hydrogens (primary N) is 1. The third kappa shape index (κ3) is 3.59.